The van der Waals surface area contributed by atoms with Gasteiger partial charge in [0.1, 0.15) is 16.9 Å². The summed E-state index contributed by atoms with van der Waals surface area (Å²) in [7, 11) is 0. The van der Waals surface area contributed by atoms with E-state index in [1.165, 1.54) is 17.3 Å². The highest BCUT2D eigenvalue weighted by Crippen LogP contribution is 2.36. The summed E-state index contributed by atoms with van der Waals surface area (Å²) in [6, 6.07) is 4.66. The average molecular weight is 315 g/mol. The zero-order valence-electron chi connectivity index (χ0n) is 12.3. The van der Waals surface area contributed by atoms with Gasteiger partial charge in [-0.05, 0) is 38.5 Å². The molecule has 7 heteroatoms. The molecule has 2 heterocycles. The van der Waals surface area contributed by atoms with Crippen molar-refractivity contribution in [1.29, 1.82) is 0 Å². The van der Waals surface area contributed by atoms with E-state index in [2.05, 4.69) is 9.97 Å². The molecule has 1 aromatic carbocycles. The standard InChI is InChI=1S/C15H13N3O3S/c1-8-6-11(4-5-12(8)18(19)20)21-14-13-9(2)10(3)22-15(13)17-7-16-14/h4-7H,1-3H3. The molecule has 0 saturated carbocycles. The number of nitro benzene ring substituents is 1. The summed E-state index contributed by atoms with van der Waals surface area (Å²) in [5.74, 6) is 0.992. The molecule has 0 aliphatic heterocycles. The zero-order valence-corrected chi connectivity index (χ0v) is 13.1. The molecule has 0 radical (unpaired) electrons. The lowest BCUT2D eigenvalue weighted by atomic mass is 10.2. The van der Waals surface area contributed by atoms with E-state index in [1.807, 2.05) is 13.8 Å². The highest BCUT2D eigenvalue weighted by molar-refractivity contribution is 7.18. The Morgan fingerprint density at radius 1 is 1.23 bits per heavy atom. The summed E-state index contributed by atoms with van der Waals surface area (Å²) in [6.45, 7) is 5.72. The number of thiophene rings is 1. The van der Waals surface area contributed by atoms with Gasteiger partial charge in [-0.2, -0.15) is 0 Å². The number of hydrogen-bond acceptors (Lipinski definition) is 6. The highest BCUT2D eigenvalue weighted by Gasteiger charge is 2.15. The van der Waals surface area contributed by atoms with Crippen LogP contribution >= 0.6 is 11.3 Å². The molecule has 0 N–H and O–H groups in total. The first-order chi connectivity index (χ1) is 10.5. The second-order valence-electron chi connectivity index (χ2n) is 4.95. The normalized spacial score (nSPS) is 10.9. The van der Waals surface area contributed by atoms with Crippen LogP contribution in [0.4, 0.5) is 5.69 Å². The second kappa shape index (κ2) is 5.34. The molecule has 112 valence electrons. The summed E-state index contributed by atoms with van der Waals surface area (Å²) >= 11 is 1.59. The fraction of sp³-hybridized carbons (Fsp3) is 0.200. The predicted molar refractivity (Wildman–Crippen MR) is 84.8 cm³/mol. The van der Waals surface area contributed by atoms with Gasteiger partial charge in [0, 0.05) is 16.5 Å². The predicted octanol–water partition coefficient (Wildman–Crippen LogP) is 4.32. The minimum absolute atomic E-state index is 0.0720. The van der Waals surface area contributed by atoms with Crippen LogP contribution in [0.5, 0.6) is 11.6 Å². The Labute approximate surface area is 130 Å². The summed E-state index contributed by atoms with van der Waals surface area (Å²) in [5.41, 5.74) is 1.71. The third kappa shape index (κ3) is 2.39. The number of nitrogens with zero attached hydrogens (tertiary/aromatic N) is 3. The summed E-state index contributed by atoms with van der Waals surface area (Å²) < 4.78 is 5.83. The number of ether oxygens (including phenoxy) is 1. The SMILES string of the molecule is Cc1cc(Oc2ncnc3sc(C)c(C)c23)ccc1[N+](=O)[O-]. The van der Waals surface area contributed by atoms with Crippen LogP contribution in [-0.4, -0.2) is 14.9 Å². The van der Waals surface area contributed by atoms with Crippen LogP contribution in [-0.2, 0) is 0 Å². The Morgan fingerprint density at radius 2 is 2.00 bits per heavy atom. The minimum Gasteiger partial charge on any atom is -0.438 e. The van der Waals surface area contributed by atoms with Gasteiger partial charge in [0.05, 0.1) is 10.3 Å². The van der Waals surface area contributed by atoms with Crippen molar-refractivity contribution in [3.05, 3.63) is 50.6 Å². The quantitative estimate of drug-likeness (QED) is 0.531. The van der Waals surface area contributed by atoms with Crippen LogP contribution in [0.15, 0.2) is 24.5 Å². The summed E-state index contributed by atoms with van der Waals surface area (Å²) in [6.07, 6.45) is 1.46. The number of rotatable bonds is 3. The molecule has 0 aliphatic carbocycles. The Kier molecular flexibility index (Phi) is 3.50. The van der Waals surface area contributed by atoms with Crippen molar-refractivity contribution in [3.8, 4) is 11.6 Å². The Hall–Kier alpha value is -2.54. The minimum atomic E-state index is -0.408. The molecule has 0 saturated heterocycles. The lowest BCUT2D eigenvalue weighted by Gasteiger charge is -2.07. The average Bonchev–Trinajstić information content (AvgIpc) is 2.75. The van der Waals surface area contributed by atoms with E-state index in [0.717, 1.165) is 15.8 Å². The number of benzene rings is 1. The number of fused-ring (bicyclic) bond motifs is 1. The first kappa shape index (κ1) is 14.4. The molecule has 0 aliphatic rings. The van der Waals surface area contributed by atoms with E-state index < -0.39 is 4.92 Å². The summed E-state index contributed by atoms with van der Waals surface area (Å²) in [5, 5.41) is 11.7. The highest BCUT2D eigenvalue weighted by atomic mass is 32.1. The van der Waals surface area contributed by atoms with E-state index in [4.69, 9.17) is 4.74 Å². The van der Waals surface area contributed by atoms with E-state index >= 15 is 0 Å². The summed E-state index contributed by atoms with van der Waals surface area (Å²) in [4.78, 5) is 21.0. The van der Waals surface area contributed by atoms with Crippen LogP contribution in [0.3, 0.4) is 0 Å². The maximum Gasteiger partial charge on any atom is 0.272 e. The van der Waals surface area contributed by atoms with Gasteiger partial charge in [-0.25, -0.2) is 9.97 Å². The smallest absolute Gasteiger partial charge is 0.272 e. The van der Waals surface area contributed by atoms with Gasteiger partial charge in [-0.3, -0.25) is 10.1 Å². The zero-order chi connectivity index (χ0) is 15.9. The molecular formula is C15H13N3O3S. The monoisotopic (exact) mass is 315 g/mol. The molecular weight excluding hydrogens is 302 g/mol. The molecule has 0 unspecified atom stereocenters. The molecule has 0 bridgehead atoms. The van der Waals surface area contributed by atoms with Gasteiger partial charge in [0.15, 0.2) is 0 Å². The van der Waals surface area contributed by atoms with Crippen molar-refractivity contribution in [1.82, 2.24) is 9.97 Å². The van der Waals surface area contributed by atoms with Crippen LogP contribution in [0.25, 0.3) is 10.2 Å². The maximum absolute atomic E-state index is 10.9. The van der Waals surface area contributed by atoms with Crippen LogP contribution in [0, 0.1) is 30.9 Å². The molecule has 0 spiro atoms. The van der Waals surface area contributed by atoms with Crippen molar-refractivity contribution in [2.75, 3.05) is 0 Å². The van der Waals surface area contributed by atoms with E-state index in [1.54, 1.807) is 30.4 Å². The largest absolute Gasteiger partial charge is 0.438 e. The molecule has 2 aromatic heterocycles. The van der Waals surface area contributed by atoms with Crippen LogP contribution in [0.2, 0.25) is 0 Å². The van der Waals surface area contributed by atoms with Gasteiger partial charge in [0.2, 0.25) is 5.88 Å². The number of aromatic nitrogens is 2. The third-order valence-corrected chi connectivity index (χ3v) is 4.63. The van der Waals surface area contributed by atoms with Gasteiger partial charge in [0.25, 0.3) is 5.69 Å². The van der Waals surface area contributed by atoms with Crippen molar-refractivity contribution >= 4 is 27.2 Å². The Morgan fingerprint density at radius 3 is 2.68 bits per heavy atom. The Bertz CT molecular complexity index is 889. The molecule has 6 nitrogen and oxygen atoms in total. The lowest BCUT2D eigenvalue weighted by Crippen LogP contribution is -1.94. The van der Waals surface area contributed by atoms with Crippen molar-refractivity contribution in [2.45, 2.75) is 20.8 Å². The fourth-order valence-electron chi connectivity index (χ4n) is 2.24. The van der Waals surface area contributed by atoms with E-state index in [9.17, 15) is 10.1 Å². The molecule has 22 heavy (non-hydrogen) atoms. The first-order valence-electron chi connectivity index (χ1n) is 6.61. The number of aryl methyl sites for hydroxylation is 3. The molecule has 0 amide bonds. The van der Waals surface area contributed by atoms with E-state index in [0.29, 0.717) is 17.2 Å². The van der Waals surface area contributed by atoms with E-state index in [-0.39, 0.29) is 5.69 Å². The van der Waals surface area contributed by atoms with Crippen LogP contribution in [0.1, 0.15) is 16.0 Å². The molecule has 3 rings (SSSR count). The Balaban J connectivity index is 2.04. The lowest BCUT2D eigenvalue weighted by molar-refractivity contribution is -0.385. The first-order valence-corrected chi connectivity index (χ1v) is 7.42. The molecule has 3 aromatic rings. The number of nitro groups is 1. The second-order valence-corrected chi connectivity index (χ2v) is 6.15. The van der Waals surface area contributed by atoms with Gasteiger partial charge < -0.3 is 4.74 Å². The van der Waals surface area contributed by atoms with Crippen molar-refractivity contribution in [3.63, 3.8) is 0 Å². The number of hydrogen-bond donors (Lipinski definition) is 0. The van der Waals surface area contributed by atoms with Gasteiger partial charge in [-0.15, -0.1) is 11.3 Å². The van der Waals surface area contributed by atoms with Gasteiger partial charge in [-0.1, -0.05) is 0 Å². The van der Waals surface area contributed by atoms with Crippen LogP contribution < -0.4 is 4.74 Å². The maximum atomic E-state index is 10.9. The molecule has 0 atom stereocenters. The topological polar surface area (TPSA) is 78.2 Å². The third-order valence-electron chi connectivity index (χ3n) is 3.51. The van der Waals surface area contributed by atoms with Crippen molar-refractivity contribution in [2.24, 2.45) is 0 Å². The fourth-order valence-corrected chi connectivity index (χ4v) is 3.22. The van der Waals surface area contributed by atoms with Gasteiger partial charge >= 0.3 is 0 Å². The van der Waals surface area contributed by atoms with Crippen molar-refractivity contribution < 1.29 is 9.66 Å². The molecule has 0 fully saturated rings.